The molecule has 2 heterocycles. The summed E-state index contributed by atoms with van der Waals surface area (Å²) in [6, 6.07) is 0.334. The number of aryl methyl sites for hydroxylation is 1. The van der Waals surface area contributed by atoms with Crippen molar-refractivity contribution in [3.05, 3.63) is 17.7 Å². The van der Waals surface area contributed by atoms with Crippen molar-refractivity contribution in [2.24, 2.45) is 5.73 Å². The lowest BCUT2D eigenvalue weighted by molar-refractivity contribution is 0.437. The van der Waals surface area contributed by atoms with E-state index in [0.717, 1.165) is 25.3 Å². The van der Waals surface area contributed by atoms with E-state index in [9.17, 15) is 0 Å². The average molecular weight is 219 g/mol. The summed E-state index contributed by atoms with van der Waals surface area (Å²) in [5, 5.41) is 0. The van der Waals surface area contributed by atoms with Gasteiger partial charge in [0, 0.05) is 31.1 Å². The smallest absolute Gasteiger partial charge is 0.109 e. The molecule has 88 valence electrons. The summed E-state index contributed by atoms with van der Waals surface area (Å²) in [5.41, 5.74) is 7.33. The van der Waals surface area contributed by atoms with Crippen molar-refractivity contribution in [3.8, 4) is 0 Å². The van der Waals surface area contributed by atoms with Crippen molar-refractivity contribution in [3.63, 3.8) is 0 Å². The molecule has 1 aliphatic carbocycles. The zero-order valence-corrected chi connectivity index (χ0v) is 9.86. The molecular formula is C13H21N3. The van der Waals surface area contributed by atoms with E-state index in [4.69, 9.17) is 10.7 Å². The Kier molecular flexibility index (Phi) is 2.72. The van der Waals surface area contributed by atoms with Crippen LogP contribution < -0.4 is 5.73 Å². The molecule has 0 amide bonds. The van der Waals surface area contributed by atoms with Gasteiger partial charge in [0.05, 0.1) is 5.69 Å². The Hall–Kier alpha value is -0.830. The van der Waals surface area contributed by atoms with E-state index in [2.05, 4.69) is 10.8 Å². The lowest BCUT2D eigenvalue weighted by atomic mass is 9.87. The van der Waals surface area contributed by atoms with E-state index < -0.39 is 0 Å². The van der Waals surface area contributed by atoms with Gasteiger partial charge in [0.25, 0.3) is 0 Å². The maximum absolute atomic E-state index is 5.99. The number of rotatable bonds is 1. The normalized spacial score (nSPS) is 26.7. The number of nitrogens with zero attached hydrogens (tertiary/aromatic N) is 2. The minimum Gasteiger partial charge on any atom is -0.333 e. The highest BCUT2D eigenvalue weighted by molar-refractivity contribution is 5.12. The maximum Gasteiger partial charge on any atom is 0.109 e. The van der Waals surface area contributed by atoms with E-state index in [-0.39, 0.29) is 0 Å². The predicted octanol–water partition coefficient (Wildman–Crippen LogP) is 2.20. The fourth-order valence-corrected chi connectivity index (χ4v) is 3.09. The molecule has 1 fully saturated rings. The van der Waals surface area contributed by atoms with Crippen molar-refractivity contribution in [1.82, 2.24) is 9.55 Å². The zero-order chi connectivity index (χ0) is 11.0. The van der Waals surface area contributed by atoms with E-state index in [1.54, 1.807) is 0 Å². The molecule has 0 radical (unpaired) electrons. The van der Waals surface area contributed by atoms with Gasteiger partial charge in [-0.2, -0.15) is 0 Å². The third-order valence-corrected chi connectivity index (χ3v) is 4.07. The highest BCUT2D eigenvalue weighted by Gasteiger charge is 2.22. The van der Waals surface area contributed by atoms with Crippen molar-refractivity contribution < 1.29 is 0 Å². The zero-order valence-electron chi connectivity index (χ0n) is 9.86. The summed E-state index contributed by atoms with van der Waals surface area (Å²) in [7, 11) is 0. The van der Waals surface area contributed by atoms with Crippen molar-refractivity contribution in [2.75, 3.05) is 0 Å². The van der Waals surface area contributed by atoms with Gasteiger partial charge in [0.2, 0.25) is 0 Å². The second kappa shape index (κ2) is 4.21. The largest absolute Gasteiger partial charge is 0.333 e. The van der Waals surface area contributed by atoms with Crippen LogP contribution >= 0.6 is 0 Å². The second-order valence-electron chi connectivity index (χ2n) is 5.37. The minimum absolute atomic E-state index is 0.334. The van der Waals surface area contributed by atoms with Gasteiger partial charge in [-0.25, -0.2) is 4.98 Å². The highest BCUT2D eigenvalue weighted by atomic mass is 15.1. The molecule has 1 aromatic heterocycles. The Balaban J connectivity index is 1.80. The maximum atomic E-state index is 5.99. The molecule has 3 nitrogen and oxygen atoms in total. The van der Waals surface area contributed by atoms with Gasteiger partial charge < -0.3 is 10.3 Å². The van der Waals surface area contributed by atoms with Crippen LogP contribution in [0.25, 0.3) is 0 Å². The molecule has 3 heteroatoms. The third kappa shape index (κ3) is 1.88. The number of hydrogen-bond acceptors (Lipinski definition) is 2. The molecule has 0 aromatic carbocycles. The van der Waals surface area contributed by atoms with Gasteiger partial charge in [0.1, 0.15) is 5.82 Å². The first-order valence-corrected chi connectivity index (χ1v) is 6.64. The van der Waals surface area contributed by atoms with Crippen LogP contribution in [-0.4, -0.2) is 15.6 Å². The number of nitrogens with two attached hydrogens (primary N) is 1. The number of aromatic nitrogens is 2. The van der Waals surface area contributed by atoms with Gasteiger partial charge in [-0.1, -0.05) is 19.3 Å². The second-order valence-corrected chi connectivity index (χ2v) is 5.37. The molecule has 2 N–H and O–H groups in total. The van der Waals surface area contributed by atoms with Crippen LogP contribution in [0.5, 0.6) is 0 Å². The molecule has 1 aromatic rings. The molecule has 1 saturated carbocycles. The molecule has 16 heavy (non-hydrogen) atoms. The Bertz CT molecular complexity index is 363. The van der Waals surface area contributed by atoms with E-state index in [0.29, 0.717) is 6.04 Å². The molecule has 0 bridgehead atoms. The molecule has 2 aliphatic rings. The number of imidazole rings is 1. The topological polar surface area (TPSA) is 43.8 Å². The van der Waals surface area contributed by atoms with Crippen LogP contribution in [0.15, 0.2) is 6.20 Å². The molecule has 1 unspecified atom stereocenters. The van der Waals surface area contributed by atoms with E-state index in [1.807, 2.05) is 0 Å². The van der Waals surface area contributed by atoms with Crippen LogP contribution in [-0.2, 0) is 13.0 Å². The summed E-state index contributed by atoms with van der Waals surface area (Å²) in [6.07, 6.45) is 11.3. The van der Waals surface area contributed by atoms with Crippen LogP contribution in [0.3, 0.4) is 0 Å². The molecular weight excluding hydrogens is 198 g/mol. The summed E-state index contributed by atoms with van der Waals surface area (Å²) >= 11 is 0. The molecule has 1 aliphatic heterocycles. The monoisotopic (exact) mass is 219 g/mol. The number of fused-ring (bicyclic) bond motifs is 1. The summed E-state index contributed by atoms with van der Waals surface area (Å²) in [5.74, 6) is 1.99. The fraction of sp³-hybridized carbons (Fsp3) is 0.769. The Morgan fingerprint density at radius 3 is 2.81 bits per heavy atom. The van der Waals surface area contributed by atoms with Crippen molar-refractivity contribution in [2.45, 2.75) is 63.5 Å². The van der Waals surface area contributed by atoms with Crippen molar-refractivity contribution >= 4 is 0 Å². The molecule has 0 saturated heterocycles. The first-order chi connectivity index (χ1) is 7.83. The summed E-state index contributed by atoms with van der Waals surface area (Å²) < 4.78 is 2.29. The first-order valence-electron chi connectivity index (χ1n) is 6.64. The number of hydrogen-bond donors (Lipinski definition) is 1. The summed E-state index contributed by atoms with van der Waals surface area (Å²) in [6.45, 7) is 0.967. The Morgan fingerprint density at radius 2 is 2.00 bits per heavy atom. The van der Waals surface area contributed by atoms with E-state index in [1.165, 1.54) is 43.6 Å². The lowest BCUT2D eigenvalue weighted by Gasteiger charge is -2.19. The highest BCUT2D eigenvalue weighted by Crippen LogP contribution is 2.32. The van der Waals surface area contributed by atoms with Crippen LogP contribution in [0, 0.1) is 0 Å². The van der Waals surface area contributed by atoms with Crippen LogP contribution in [0.1, 0.15) is 56.0 Å². The van der Waals surface area contributed by atoms with Gasteiger partial charge in [0.15, 0.2) is 0 Å². The molecule has 3 rings (SSSR count). The van der Waals surface area contributed by atoms with E-state index >= 15 is 0 Å². The van der Waals surface area contributed by atoms with Gasteiger partial charge in [-0.05, 0) is 19.3 Å². The van der Waals surface area contributed by atoms with Crippen LogP contribution in [0.2, 0.25) is 0 Å². The fourth-order valence-electron chi connectivity index (χ4n) is 3.09. The minimum atomic E-state index is 0.334. The van der Waals surface area contributed by atoms with Gasteiger partial charge in [-0.15, -0.1) is 0 Å². The first kappa shape index (κ1) is 10.3. The quantitative estimate of drug-likeness (QED) is 0.787. The van der Waals surface area contributed by atoms with Crippen molar-refractivity contribution in [1.29, 1.82) is 0 Å². The van der Waals surface area contributed by atoms with Gasteiger partial charge in [-0.3, -0.25) is 0 Å². The Morgan fingerprint density at radius 1 is 1.19 bits per heavy atom. The third-order valence-electron chi connectivity index (χ3n) is 4.07. The Labute approximate surface area is 97.0 Å². The standard InChI is InChI=1S/C13H21N3/c14-11-6-7-13-15-12(9-16(13)8-11)10-4-2-1-3-5-10/h9-11H,1-8,14H2. The average Bonchev–Trinajstić information content (AvgIpc) is 2.73. The van der Waals surface area contributed by atoms with Crippen LogP contribution in [0.4, 0.5) is 0 Å². The predicted molar refractivity (Wildman–Crippen MR) is 64.3 cm³/mol. The molecule has 0 spiro atoms. The van der Waals surface area contributed by atoms with Gasteiger partial charge >= 0.3 is 0 Å². The molecule has 1 atom stereocenters. The summed E-state index contributed by atoms with van der Waals surface area (Å²) in [4.78, 5) is 4.82. The lowest BCUT2D eigenvalue weighted by Crippen LogP contribution is -2.31. The SMILES string of the molecule is NC1CCc2nc(C3CCCCC3)cn2C1.